The van der Waals surface area contributed by atoms with Gasteiger partial charge in [-0.3, -0.25) is 9.78 Å². The van der Waals surface area contributed by atoms with Gasteiger partial charge in [0.15, 0.2) is 6.10 Å². The summed E-state index contributed by atoms with van der Waals surface area (Å²) in [6.45, 7) is 0. The van der Waals surface area contributed by atoms with Crippen LogP contribution in [0.15, 0.2) is 24.5 Å². The number of hydrogen-bond donors (Lipinski definition) is 2. The number of amides is 1. The van der Waals surface area contributed by atoms with E-state index >= 15 is 0 Å². The minimum Gasteiger partial charge on any atom is -0.383 e. The highest BCUT2D eigenvalue weighted by molar-refractivity contribution is 5.82. The van der Waals surface area contributed by atoms with E-state index < -0.39 is 24.1 Å². The summed E-state index contributed by atoms with van der Waals surface area (Å²) in [4.78, 5) is 14.5. The van der Waals surface area contributed by atoms with Crippen molar-refractivity contribution < 1.29 is 23.1 Å². The number of carbonyl (C=O) groups excluding carboxylic acids is 1. The summed E-state index contributed by atoms with van der Waals surface area (Å²) >= 11 is 0. The van der Waals surface area contributed by atoms with Crippen LogP contribution in [0, 0.1) is 0 Å². The van der Waals surface area contributed by atoms with Gasteiger partial charge in [-0.05, 0) is 17.7 Å². The molecule has 0 fully saturated rings. The number of nitrogens with two attached hydrogens (primary N) is 1. The molecule has 0 aliphatic rings. The average Bonchev–Trinajstić information content (AvgIpc) is 2.17. The lowest BCUT2D eigenvalue weighted by Gasteiger charge is -2.22. The van der Waals surface area contributed by atoms with Crippen LogP contribution in [0.1, 0.15) is 11.5 Å². The molecule has 16 heavy (non-hydrogen) atoms. The third kappa shape index (κ3) is 2.69. The molecular weight excluding hydrogens is 225 g/mol. The van der Waals surface area contributed by atoms with Crippen molar-refractivity contribution in [2.45, 2.75) is 18.2 Å². The number of primary amides is 1. The Kier molecular flexibility index (Phi) is 3.48. The Bertz CT molecular complexity index is 367. The zero-order chi connectivity index (χ0) is 12.3. The van der Waals surface area contributed by atoms with Gasteiger partial charge in [0.1, 0.15) is 0 Å². The van der Waals surface area contributed by atoms with Crippen molar-refractivity contribution in [2.24, 2.45) is 5.73 Å². The van der Waals surface area contributed by atoms with Gasteiger partial charge < -0.3 is 10.8 Å². The van der Waals surface area contributed by atoms with E-state index in [4.69, 9.17) is 10.8 Å². The Morgan fingerprint density at radius 2 is 1.88 bits per heavy atom. The second-order valence-electron chi connectivity index (χ2n) is 3.15. The Morgan fingerprint density at radius 3 is 2.25 bits per heavy atom. The summed E-state index contributed by atoms with van der Waals surface area (Å²) in [6.07, 6.45) is -5.28. The Balaban J connectivity index is 3.07. The molecule has 0 aliphatic heterocycles. The molecule has 1 amide bonds. The highest BCUT2D eigenvalue weighted by Crippen LogP contribution is 2.31. The van der Waals surface area contributed by atoms with E-state index in [0.29, 0.717) is 0 Å². The van der Waals surface area contributed by atoms with Gasteiger partial charge in [-0.25, -0.2) is 0 Å². The molecule has 2 atom stereocenters. The van der Waals surface area contributed by atoms with Gasteiger partial charge in [-0.2, -0.15) is 13.2 Å². The number of alkyl halides is 3. The van der Waals surface area contributed by atoms with Crippen molar-refractivity contribution >= 4 is 5.91 Å². The van der Waals surface area contributed by atoms with Crippen molar-refractivity contribution in [1.82, 2.24) is 4.98 Å². The number of rotatable bonds is 3. The normalized spacial score (nSPS) is 15.5. The standard InChI is InChI=1S/C9H9F3N2O2/c10-9(11,12)7(15)6(8(13)16)5-1-3-14-4-2-5/h1-4,6-7,15H,(H2,13,16). The van der Waals surface area contributed by atoms with Crippen LogP contribution in [-0.2, 0) is 4.79 Å². The molecular formula is C9H9F3N2O2. The van der Waals surface area contributed by atoms with Crippen molar-refractivity contribution in [1.29, 1.82) is 0 Å². The number of aliphatic hydroxyl groups excluding tert-OH is 1. The topological polar surface area (TPSA) is 76.2 Å². The maximum Gasteiger partial charge on any atom is 0.415 e. The summed E-state index contributed by atoms with van der Waals surface area (Å²) in [5, 5.41) is 9.02. The molecule has 0 bridgehead atoms. The number of halogens is 3. The molecule has 1 rings (SSSR count). The fraction of sp³-hybridized carbons (Fsp3) is 0.333. The minimum absolute atomic E-state index is 0.0210. The monoisotopic (exact) mass is 234 g/mol. The van der Waals surface area contributed by atoms with Crippen LogP contribution in [-0.4, -0.2) is 28.3 Å². The lowest BCUT2D eigenvalue weighted by molar-refractivity contribution is -0.210. The van der Waals surface area contributed by atoms with E-state index in [1.807, 2.05) is 0 Å². The Hall–Kier alpha value is -1.63. The van der Waals surface area contributed by atoms with Crippen LogP contribution in [0.3, 0.4) is 0 Å². The highest BCUT2D eigenvalue weighted by atomic mass is 19.4. The summed E-state index contributed by atoms with van der Waals surface area (Å²) in [6, 6.07) is 2.40. The Morgan fingerprint density at radius 1 is 1.38 bits per heavy atom. The molecule has 0 saturated heterocycles. The SMILES string of the molecule is NC(=O)C(c1ccncc1)C(O)C(F)(F)F. The maximum absolute atomic E-state index is 12.3. The number of pyridine rings is 1. The van der Waals surface area contributed by atoms with Crippen molar-refractivity contribution in [3.63, 3.8) is 0 Å². The number of hydrogen-bond acceptors (Lipinski definition) is 3. The third-order valence-electron chi connectivity index (χ3n) is 2.02. The van der Waals surface area contributed by atoms with E-state index in [-0.39, 0.29) is 5.56 Å². The first kappa shape index (κ1) is 12.4. The fourth-order valence-corrected chi connectivity index (χ4v) is 1.26. The molecule has 1 heterocycles. The van der Waals surface area contributed by atoms with Crippen molar-refractivity contribution in [3.8, 4) is 0 Å². The summed E-state index contributed by atoms with van der Waals surface area (Å²) in [5.74, 6) is -3.06. The number of aromatic nitrogens is 1. The van der Waals surface area contributed by atoms with Gasteiger partial charge in [-0.15, -0.1) is 0 Å². The lowest BCUT2D eigenvalue weighted by atomic mass is 9.93. The van der Waals surface area contributed by atoms with Crippen molar-refractivity contribution in [3.05, 3.63) is 30.1 Å². The molecule has 4 nitrogen and oxygen atoms in total. The molecule has 0 aliphatic carbocycles. The predicted octanol–water partition coefficient (Wildman–Crippen LogP) is 0.574. The van der Waals surface area contributed by atoms with E-state index in [1.54, 1.807) is 0 Å². The van der Waals surface area contributed by atoms with Crippen LogP contribution in [0.4, 0.5) is 13.2 Å². The van der Waals surface area contributed by atoms with Crippen LogP contribution in [0.5, 0.6) is 0 Å². The highest BCUT2D eigenvalue weighted by Gasteiger charge is 2.46. The molecule has 7 heteroatoms. The van der Waals surface area contributed by atoms with Crippen molar-refractivity contribution in [2.75, 3.05) is 0 Å². The van der Waals surface area contributed by atoms with E-state index in [2.05, 4.69) is 4.98 Å². The number of aliphatic hydroxyl groups is 1. The van der Waals surface area contributed by atoms with Gasteiger partial charge in [0.2, 0.25) is 5.91 Å². The van der Waals surface area contributed by atoms with Crippen LogP contribution in [0.2, 0.25) is 0 Å². The molecule has 0 spiro atoms. The first-order chi connectivity index (χ1) is 7.34. The van der Waals surface area contributed by atoms with E-state index in [1.165, 1.54) is 24.5 Å². The van der Waals surface area contributed by atoms with Gasteiger partial charge >= 0.3 is 6.18 Å². The largest absolute Gasteiger partial charge is 0.415 e. The molecule has 3 N–H and O–H groups in total. The van der Waals surface area contributed by atoms with Gasteiger partial charge in [0.05, 0.1) is 5.92 Å². The van der Waals surface area contributed by atoms with E-state index in [9.17, 15) is 18.0 Å². The van der Waals surface area contributed by atoms with Crippen LogP contribution in [0.25, 0.3) is 0 Å². The van der Waals surface area contributed by atoms with Gasteiger partial charge in [0.25, 0.3) is 0 Å². The summed E-state index contributed by atoms with van der Waals surface area (Å²) in [7, 11) is 0. The molecule has 0 radical (unpaired) electrons. The molecule has 0 aromatic carbocycles. The second-order valence-corrected chi connectivity index (χ2v) is 3.15. The first-order valence-electron chi connectivity index (χ1n) is 4.28. The number of carbonyl (C=O) groups is 1. The van der Waals surface area contributed by atoms with Crippen LogP contribution < -0.4 is 5.73 Å². The average molecular weight is 234 g/mol. The van der Waals surface area contributed by atoms with E-state index in [0.717, 1.165) is 0 Å². The second kappa shape index (κ2) is 4.48. The smallest absolute Gasteiger partial charge is 0.383 e. The fourth-order valence-electron chi connectivity index (χ4n) is 1.26. The quantitative estimate of drug-likeness (QED) is 0.802. The zero-order valence-electron chi connectivity index (χ0n) is 7.98. The van der Waals surface area contributed by atoms with Gasteiger partial charge in [0, 0.05) is 12.4 Å². The minimum atomic E-state index is -4.90. The lowest BCUT2D eigenvalue weighted by Crippen LogP contribution is -2.41. The molecule has 2 unspecified atom stereocenters. The predicted molar refractivity (Wildman–Crippen MR) is 48.2 cm³/mol. The number of nitrogens with zero attached hydrogens (tertiary/aromatic N) is 1. The molecule has 88 valence electrons. The first-order valence-corrected chi connectivity index (χ1v) is 4.28. The molecule has 1 aromatic rings. The summed E-state index contributed by atoms with van der Waals surface area (Å²) in [5.41, 5.74) is 4.83. The Labute approximate surface area is 88.9 Å². The van der Waals surface area contributed by atoms with Crippen LogP contribution >= 0.6 is 0 Å². The molecule has 0 saturated carbocycles. The molecule has 1 aromatic heterocycles. The summed E-state index contributed by atoms with van der Waals surface area (Å²) < 4.78 is 36.8. The van der Waals surface area contributed by atoms with Gasteiger partial charge in [-0.1, -0.05) is 0 Å². The zero-order valence-corrected chi connectivity index (χ0v) is 7.98. The maximum atomic E-state index is 12.3. The third-order valence-corrected chi connectivity index (χ3v) is 2.02.